The third-order valence-electron chi connectivity index (χ3n) is 4.89. The van der Waals surface area contributed by atoms with Gasteiger partial charge in [0.15, 0.2) is 5.13 Å². The molecule has 0 aliphatic heterocycles. The Balaban J connectivity index is 1.55. The minimum atomic E-state index is -0.388. The van der Waals surface area contributed by atoms with Crippen LogP contribution in [0.15, 0.2) is 54.6 Å². The summed E-state index contributed by atoms with van der Waals surface area (Å²) in [6, 6.07) is 17.8. The van der Waals surface area contributed by atoms with Gasteiger partial charge in [0.1, 0.15) is 5.75 Å². The molecule has 1 aliphatic carbocycles. The first-order valence-corrected chi connectivity index (χ1v) is 9.43. The number of rotatable bonds is 5. The van der Waals surface area contributed by atoms with Crippen molar-refractivity contribution in [3.63, 3.8) is 0 Å². The lowest BCUT2D eigenvalue weighted by atomic mass is 9.95. The van der Waals surface area contributed by atoms with Crippen LogP contribution >= 0.6 is 11.3 Å². The Morgan fingerprint density at radius 2 is 1.81 bits per heavy atom. The largest absolute Gasteiger partial charge is 0.497 e. The first kappa shape index (κ1) is 16.8. The minimum absolute atomic E-state index is 0.0405. The van der Waals surface area contributed by atoms with Gasteiger partial charge < -0.3 is 10.1 Å². The lowest BCUT2D eigenvalue weighted by Gasteiger charge is -2.14. The third kappa shape index (κ3) is 2.99. The molecule has 3 aromatic rings. The molecule has 0 unspecified atom stereocenters. The number of amides is 1. The predicted octanol–water partition coefficient (Wildman–Crippen LogP) is 4.80. The number of benzene rings is 2. The van der Waals surface area contributed by atoms with E-state index in [2.05, 4.69) is 10.3 Å². The molecule has 4 nitrogen and oxygen atoms in total. The minimum Gasteiger partial charge on any atom is -0.497 e. The van der Waals surface area contributed by atoms with Crippen molar-refractivity contribution in [2.24, 2.45) is 0 Å². The summed E-state index contributed by atoms with van der Waals surface area (Å²) in [5.74, 6) is 0.854. The third-order valence-corrected chi connectivity index (χ3v) is 5.78. The smallest absolute Gasteiger partial charge is 0.236 e. The molecule has 1 aliphatic rings. The van der Waals surface area contributed by atoms with Crippen LogP contribution in [0.4, 0.5) is 5.13 Å². The summed E-state index contributed by atoms with van der Waals surface area (Å²) in [7, 11) is 1.65. The summed E-state index contributed by atoms with van der Waals surface area (Å²) in [6.45, 7) is 2.02. The van der Waals surface area contributed by atoms with Gasteiger partial charge in [-0.15, -0.1) is 11.3 Å². The van der Waals surface area contributed by atoms with Gasteiger partial charge in [0.25, 0.3) is 0 Å². The number of nitrogens with zero attached hydrogens (tertiary/aromatic N) is 1. The van der Waals surface area contributed by atoms with Crippen LogP contribution in [0.5, 0.6) is 5.75 Å². The number of thiazole rings is 1. The van der Waals surface area contributed by atoms with Gasteiger partial charge >= 0.3 is 0 Å². The summed E-state index contributed by atoms with van der Waals surface area (Å²) < 4.78 is 5.20. The predicted molar refractivity (Wildman–Crippen MR) is 105 cm³/mol. The van der Waals surface area contributed by atoms with Crippen LogP contribution in [0.2, 0.25) is 0 Å². The van der Waals surface area contributed by atoms with Crippen LogP contribution in [0.25, 0.3) is 11.3 Å². The van der Waals surface area contributed by atoms with E-state index in [0.29, 0.717) is 5.13 Å². The monoisotopic (exact) mass is 364 g/mol. The average molecular weight is 364 g/mol. The maximum Gasteiger partial charge on any atom is 0.236 e. The van der Waals surface area contributed by atoms with E-state index in [9.17, 15) is 4.79 Å². The Morgan fingerprint density at radius 3 is 2.42 bits per heavy atom. The molecule has 1 N–H and O–H groups in total. The van der Waals surface area contributed by atoms with E-state index < -0.39 is 0 Å². The summed E-state index contributed by atoms with van der Waals surface area (Å²) in [5, 5.41) is 3.69. The molecule has 26 heavy (non-hydrogen) atoms. The summed E-state index contributed by atoms with van der Waals surface area (Å²) in [4.78, 5) is 18.6. The van der Waals surface area contributed by atoms with Crippen LogP contribution < -0.4 is 10.1 Å². The van der Waals surface area contributed by atoms with Crippen LogP contribution in [0.1, 0.15) is 23.3 Å². The van der Waals surface area contributed by atoms with Crippen molar-refractivity contribution in [1.82, 2.24) is 4.98 Å². The lowest BCUT2D eigenvalue weighted by molar-refractivity contribution is -0.118. The first-order valence-electron chi connectivity index (χ1n) is 8.61. The van der Waals surface area contributed by atoms with Gasteiger partial charge in [-0.25, -0.2) is 4.98 Å². The fourth-order valence-corrected chi connectivity index (χ4v) is 4.04. The fraction of sp³-hybridized carbons (Fsp3) is 0.238. The van der Waals surface area contributed by atoms with Gasteiger partial charge in [0.2, 0.25) is 5.91 Å². The van der Waals surface area contributed by atoms with Crippen molar-refractivity contribution in [3.05, 3.63) is 65.0 Å². The quantitative estimate of drug-likeness (QED) is 0.708. The number of anilines is 1. The number of methoxy groups -OCH3 is 1. The zero-order valence-corrected chi connectivity index (χ0v) is 15.6. The second-order valence-electron chi connectivity index (χ2n) is 6.55. The SMILES string of the molecule is COc1ccc(-c2nc(NC(=O)C3(c4ccccc4)CC3)sc2C)cc1. The van der Waals surface area contributed by atoms with Crippen LogP contribution in [-0.4, -0.2) is 18.0 Å². The van der Waals surface area contributed by atoms with Crippen molar-refractivity contribution in [2.75, 3.05) is 12.4 Å². The van der Waals surface area contributed by atoms with E-state index in [1.54, 1.807) is 7.11 Å². The van der Waals surface area contributed by atoms with Gasteiger partial charge in [0, 0.05) is 10.4 Å². The fourth-order valence-electron chi connectivity index (χ4n) is 3.21. The normalized spacial score (nSPS) is 14.7. The molecule has 0 saturated heterocycles. The van der Waals surface area contributed by atoms with E-state index >= 15 is 0 Å². The van der Waals surface area contributed by atoms with Crippen LogP contribution in [-0.2, 0) is 10.2 Å². The molecule has 0 radical (unpaired) electrons. The van der Waals surface area contributed by atoms with Gasteiger partial charge in [-0.2, -0.15) is 0 Å². The van der Waals surface area contributed by atoms with Crippen molar-refractivity contribution in [2.45, 2.75) is 25.2 Å². The van der Waals surface area contributed by atoms with E-state index in [0.717, 1.165) is 40.3 Å². The summed E-state index contributed by atoms with van der Waals surface area (Å²) in [5.41, 5.74) is 2.61. The zero-order chi connectivity index (χ0) is 18.1. The van der Waals surface area contributed by atoms with Gasteiger partial charge in [-0.05, 0) is 49.6 Å². The Morgan fingerprint density at radius 1 is 1.12 bits per heavy atom. The molecule has 1 saturated carbocycles. The van der Waals surface area contributed by atoms with Crippen molar-refractivity contribution < 1.29 is 9.53 Å². The Labute approximate surface area is 156 Å². The topological polar surface area (TPSA) is 51.2 Å². The summed E-state index contributed by atoms with van der Waals surface area (Å²) in [6.07, 6.45) is 1.77. The number of aryl methyl sites for hydroxylation is 1. The second kappa shape index (κ2) is 6.57. The highest BCUT2D eigenvalue weighted by Gasteiger charge is 2.51. The highest BCUT2D eigenvalue weighted by Crippen LogP contribution is 2.49. The molecule has 1 amide bonds. The van der Waals surface area contributed by atoms with Gasteiger partial charge in [-0.3, -0.25) is 4.79 Å². The molecule has 4 rings (SSSR count). The Bertz CT molecular complexity index is 928. The molecule has 1 heterocycles. The van der Waals surface area contributed by atoms with Gasteiger partial charge in [-0.1, -0.05) is 30.3 Å². The molecule has 132 valence electrons. The maximum atomic E-state index is 12.9. The number of aromatic nitrogens is 1. The molecule has 0 bridgehead atoms. The molecular formula is C21H20N2O2S. The van der Waals surface area contributed by atoms with Crippen LogP contribution in [0, 0.1) is 6.92 Å². The average Bonchev–Trinajstić information content (AvgIpc) is 3.41. The number of ether oxygens (including phenoxy) is 1. The van der Waals surface area contributed by atoms with Crippen molar-refractivity contribution in [1.29, 1.82) is 0 Å². The Hall–Kier alpha value is -2.66. The standard InChI is InChI=1S/C21H20N2O2S/c1-14-18(15-8-10-17(25-2)11-9-15)22-20(26-14)23-19(24)21(12-13-21)16-6-4-3-5-7-16/h3-11H,12-13H2,1-2H3,(H,22,23,24). The van der Waals surface area contributed by atoms with E-state index in [-0.39, 0.29) is 11.3 Å². The van der Waals surface area contributed by atoms with Crippen LogP contribution in [0.3, 0.4) is 0 Å². The highest BCUT2D eigenvalue weighted by atomic mass is 32.1. The van der Waals surface area contributed by atoms with Crippen molar-refractivity contribution >= 4 is 22.4 Å². The number of hydrogen-bond donors (Lipinski definition) is 1. The molecule has 0 spiro atoms. The van der Waals surface area contributed by atoms with E-state index in [4.69, 9.17) is 4.74 Å². The Kier molecular flexibility index (Phi) is 4.24. The number of carbonyl (C=O) groups is 1. The first-order chi connectivity index (χ1) is 12.6. The number of carbonyl (C=O) groups excluding carboxylic acids is 1. The molecule has 5 heteroatoms. The summed E-state index contributed by atoms with van der Waals surface area (Å²) >= 11 is 1.51. The van der Waals surface area contributed by atoms with E-state index in [1.807, 2.05) is 61.5 Å². The molecular weight excluding hydrogens is 344 g/mol. The molecule has 0 atom stereocenters. The highest BCUT2D eigenvalue weighted by molar-refractivity contribution is 7.16. The number of nitrogens with one attached hydrogen (secondary N) is 1. The zero-order valence-electron chi connectivity index (χ0n) is 14.8. The lowest BCUT2D eigenvalue weighted by Crippen LogP contribution is -2.27. The number of hydrogen-bond acceptors (Lipinski definition) is 4. The second-order valence-corrected chi connectivity index (χ2v) is 7.76. The van der Waals surface area contributed by atoms with Gasteiger partial charge in [0.05, 0.1) is 18.2 Å². The molecule has 1 fully saturated rings. The molecule has 1 aromatic heterocycles. The van der Waals surface area contributed by atoms with E-state index in [1.165, 1.54) is 11.3 Å². The maximum absolute atomic E-state index is 12.9. The molecule has 2 aromatic carbocycles. The van der Waals surface area contributed by atoms with Crippen molar-refractivity contribution in [3.8, 4) is 17.0 Å².